The number of ether oxygens (including phenoxy) is 3. The number of benzene rings is 1. The smallest absolute Gasteiger partial charge is 0.124 e. The Morgan fingerprint density at radius 3 is 2.80 bits per heavy atom. The Morgan fingerprint density at radius 1 is 1.40 bits per heavy atom. The van der Waals surface area contributed by atoms with E-state index >= 15 is 0 Å². The van der Waals surface area contributed by atoms with Gasteiger partial charge in [0, 0.05) is 24.3 Å². The molecule has 1 fully saturated rings. The van der Waals surface area contributed by atoms with Crippen LogP contribution >= 0.6 is 12.2 Å². The molecule has 0 atom stereocenters. The third-order valence-electron chi connectivity index (χ3n) is 3.52. The van der Waals surface area contributed by atoms with Gasteiger partial charge in [-0.2, -0.15) is 0 Å². The molecule has 0 bridgehead atoms. The van der Waals surface area contributed by atoms with E-state index in [1.165, 1.54) is 0 Å². The molecule has 1 heterocycles. The summed E-state index contributed by atoms with van der Waals surface area (Å²) in [6.45, 7) is 2.95. The van der Waals surface area contributed by atoms with Crippen molar-refractivity contribution >= 4 is 17.2 Å². The molecule has 1 saturated heterocycles. The van der Waals surface area contributed by atoms with Crippen LogP contribution in [0.1, 0.15) is 24.0 Å². The quantitative estimate of drug-likeness (QED) is 0.816. The first kappa shape index (κ1) is 15.2. The lowest BCUT2D eigenvalue weighted by atomic mass is 10.0. The first-order valence-corrected chi connectivity index (χ1v) is 7.23. The molecule has 0 saturated carbocycles. The van der Waals surface area contributed by atoms with Gasteiger partial charge in [-0.3, -0.25) is 0 Å². The summed E-state index contributed by atoms with van der Waals surface area (Å²) in [5.74, 6) is 1.39. The zero-order valence-corrected chi connectivity index (χ0v) is 12.6. The van der Waals surface area contributed by atoms with E-state index in [0.29, 0.717) is 17.5 Å². The van der Waals surface area contributed by atoms with Crippen molar-refractivity contribution in [1.82, 2.24) is 0 Å². The van der Waals surface area contributed by atoms with Crippen molar-refractivity contribution in [2.45, 2.75) is 19.4 Å². The maximum absolute atomic E-state index is 5.82. The highest BCUT2D eigenvalue weighted by atomic mass is 32.1. The molecule has 0 aliphatic carbocycles. The van der Waals surface area contributed by atoms with Crippen LogP contribution < -0.4 is 10.5 Å². The third-order valence-corrected chi connectivity index (χ3v) is 3.75. The fourth-order valence-corrected chi connectivity index (χ4v) is 2.42. The molecule has 110 valence electrons. The van der Waals surface area contributed by atoms with E-state index in [9.17, 15) is 0 Å². The van der Waals surface area contributed by atoms with Crippen molar-refractivity contribution in [2.24, 2.45) is 11.7 Å². The lowest BCUT2D eigenvalue weighted by Gasteiger charge is -2.22. The summed E-state index contributed by atoms with van der Waals surface area (Å²) >= 11 is 5.00. The number of thiocarbonyl (C=S) groups is 1. The van der Waals surface area contributed by atoms with Gasteiger partial charge in [0.2, 0.25) is 0 Å². The Hall–Kier alpha value is -1.17. The van der Waals surface area contributed by atoms with E-state index < -0.39 is 0 Å². The van der Waals surface area contributed by atoms with Gasteiger partial charge in [0.15, 0.2) is 0 Å². The van der Waals surface area contributed by atoms with Crippen molar-refractivity contribution in [3.8, 4) is 5.75 Å². The van der Waals surface area contributed by atoms with Gasteiger partial charge in [-0.25, -0.2) is 0 Å². The van der Waals surface area contributed by atoms with Crippen LogP contribution in [0.15, 0.2) is 18.2 Å². The molecule has 0 amide bonds. The molecular weight excluding hydrogens is 274 g/mol. The highest BCUT2D eigenvalue weighted by Gasteiger charge is 2.14. The second kappa shape index (κ2) is 7.57. The molecule has 0 radical (unpaired) electrons. The number of hydrogen-bond acceptors (Lipinski definition) is 4. The van der Waals surface area contributed by atoms with E-state index in [2.05, 4.69) is 0 Å². The molecule has 0 unspecified atom stereocenters. The predicted molar refractivity (Wildman–Crippen MR) is 82.1 cm³/mol. The highest BCUT2D eigenvalue weighted by Crippen LogP contribution is 2.22. The lowest BCUT2D eigenvalue weighted by molar-refractivity contribution is 0.0153. The van der Waals surface area contributed by atoms with Crippen molar-refractivity contribution < 1.29 is 14.2 Å². The molecule has 0 aromatic heterocycles. The molecule has 1 aliphatic heterocycles. The Bertz CT molecular complexity index is 458. The summed E-state index contributed by atoms with van der Waals surface area (Å²) in [4.78, 5) is 0.387. The second-order valence-electron chi connectivity index (χ2n) is 4.96. The SMILES string of the molecule is COc1ccc(C(N)=S)cc1COCC1CCOCC1. The monoisotopic (exact) mass is 295 g/mol. The maximum atomic E-state index is 5.82. The first-order chi connectivity index (χ1) is 9.70. The van der Waals surface area contributed by atoms with Crippen LogP contribution in [-0.4, -0.2) is 31.9 Å². The normalized spacial score (nSPS) is 16.1. The molecular formula is C15H21NO3S. The van der Waals surface area contributed by atoms with E-state index in [1.807, 2.05) is 18.2 Å². The number of methoxy groups -OCH3 is 1. The van der Waals surface area contributed by atoms with Crippen LogP contribution in [0.2, 0.25) is 0 Å². The van der Waals surface area contributed by atoms with Crippen LogP contribution in [0.5, 0.6) is 5.75 Å². The average Bonchev–Trinajstić information content (AvgIpc) is 2.48. The third kappa shape index (κ3) is 4.16. The van der Waals surface area contributed by atoms with Crippen LogP contribution in [-0.2, 0) is 16.1 Å². The van der Waals surface area contributed by atoms with Crippen LogP contribution in [0.3, 0.4) is 0 Å². The summed E-state index contributed by atoms with van der Waals surface area (Å²) in [6, 6.07) is 5.68. The molecule has 5 heteroatoms. The fraction of sp³-hybridized carbons (Fsp3) is 0.533. The van der Waals surface area contributed by atoms with Gasteiger partial charge in [0.1, 0.15) is 10.7 Å². The van der Waals surface area contributed by atoms with Crippen LogP contribution in [0, 0.1) is 5.92 Å². The van der Waals surface area contributed by atoms with Gasteiger partial charge in [-0.1, -0.05) is 12.2 Å². The summed E-state index contributed by atoms with van der Waals surface area (Å²) in [5.41, 5.74) is 7.47. The minimum Gasteiger partial charge on any atom is -0.496 e. The number of nitrogens with two attached hydrogens (primary N) is 1. The van der Waals surface area contributed by atoms with Gasteiger partial charge >= 0.3 is 0 Å². The van der Waals surface area contributed by atoms with E-state index in [1.54, 1.807) is 7.11 Å². The van der Waals surface area contributed by atoms with E-state index in [-0.39, 0.29) is 0 Å². The van der Waals surface area contributed by atoms with Gasteiger partial charge in [0.25, 0.3) is 0 Å². The van der Waals surface area contributed by atoms with Crippen molar-refractivity contribution in [1.29, 1.82) is 0 Å². The van der Waals surface area contributed by atoms with Gasteiger partial charge in [0.05, 0.1) is 20.3 Å². The summed E-state index contributed by atoms with van der Waals surface area (Å²) in [5, 5.41) is 0. The zero-order valence-electron chi connectivity index (χ0n) is 11.8. The summed E-state index contributed by atoms with van der Waals surface area (Å²) in [7, 11) is 1.65. The standard InChI is InChI=1S/C15H21NO3S/c1-17-14-3-2-12(15(16)20)8-13(14)10-19-9-11-4-6-18-7-5-11/h2-3,8,11H,4-7,9-10H2,1H3,(H2,16,20). The van der Waals surface area contributed by atoms with E-state index in [0.717, 1.165) is 49.5 Å². The topological polar surface area (TPSA) is 53.7 Å². The Labute approximate surface area is 125 Å². The predicted octanol–water partition coefficient (Wildman–Crippen LogP) is 2.27. The molecule has 2 rings (SSSR count). The molecule has 1 aliphatic rings. The highest BCUT2D eigenvalue weighted by molar-refractivity contribution is 7.80. The second-order valence-corrected chi connectivity index (χ2v) is 5.40. The molecule has 20 heavy (non-hydrogen) atoms. The van der Waals surface area contributed by atoms with Crippen LogP contribution in [0.4, 0.5) is 0 Å². The van der Waals surface area contributed by atoms with E-state index in [4.69, 9.17) is 32.2 Å². The van der Waals surface area contributed by atoms with Gasteiger partial charge in [-0.15, -0.1) is 0 Å². The average molecular weight is 295 g/mol. The molecule has 4 nitrogen and oxygen atoms in total. The Balaban J connectivity index is 1.93. The maximum Gasteiger partial charge on any atom is 0.124 e. The fourth-order valence-electron chi connectivity index (χ4n) is 2.29. The molecule has 2 N–H and O–H groups in total. The number of rotatable bonds is 6. The summed E-state index contributed by atoms with van der Waals surface area (Å²) in [6.07, 6.45) is 2.15. The first-order valence-electron chi connectivity index (χ1n) is 6.83. The molecule has 1 aromatic carbocycles. The van der Waals surface area contributed by atoms with Crippen molar-refractivity contribution in [3.63, 3.8) is 0 Å². The van der Waals surface area contributed by atoms with Gasteiger partial charge in [-0.05, 0) is 37.0 Å². The van der Waals surface area contributed by atoms with Crippen molar-refractivity contribution in [3.05, 3.63) is 29.3 Å². The van der Waals surface area contributed by atoms with Crippen LogP contribution in [0.25, 0.3) is 0 Å². The minimum atomic E-state index is 0.387. The zero-order chi connectivity index (χ0) is 14.4. The Morgan fingerprint density at radius 2 is 2.15 bits per heavy atom. The van der Waals surface area contributed by atoms with Crippen molar-refractivity contribution in [2.75, 3.05) is 26.9 Å². The van der Waals surface area contributed by atoms with Gasteiger partial charge < -0.3 is 19.9 Å². The minimum absolute atomic E-state index is 0.387. The summed E-state index contributed by atoms with van der Waals surface area (Å²) < 4.78 is 16.5. The molecule has 0 spiro atoms. The lowest BCUT2D eigenvalue weighted by Crippen LogP contribution is -2.20. The molecule has 1 aromatic rings. The Kier molecular flexibility index (Phi) is 5.76. The largest absolute Gasteiger partial charge is 0.496 e. The number of hydrogen-bond donors (Lipinski definition) is 1.